The third kappa shape index (κ3) is 4.11. The van der Waals surface area contributed by atoms with Crippen LogP contribution in [-0.4, -0.2) is 59.4 Å². The Morgan fingerprint density at radius 3 is 1.56 bits per heavy atom. The van der Waals surface area contributed by atoms with Gasteiger partial charge in [-0.15, -0.1) is 0 Å². The predicted molar refractivity (Wildman–Crippen MR) is 56.0 cm³/mol. The van der Waals surface area contributed by atoms with Gasteiger partial charge < -0.3 is 10.3 Å². The number of ether oxygens (including phenoxy) is 1. The number of hydrogen-bond donors (Lipinski definition) is 0. The monoisotopic (exact) mass is 432 g/mol. The zero-order valence-electron chi connectivity index (χ0n) is 12.1. The summed E-state index contributed by atoms with van der Waals surface area (Å²) in [6, 6.07) is 0. The first-order chi connectivity index (χ1) is 11.7. The molecular weight excluding hydrogens is 427 g/mol. The van der Waals surface area contributed by atoms with Gasteiger partial charge in [-0.05, 0) is 0 Å². The molecule has 0 aliphatic rings. The van der Waals surface area contributed by atoms with Crippen molar-refractivity contribution in [1.82, 2.24) is 0 Å². The fourth-order valence-corrected chi connectivity index (χ4v) is 1.32. The van der Waals surface area contributed by atoms with E-state index in [0.29, 0.717) is 0 Å². The van der Waals surface area contributed by atoms with Gasteiger partial charge in [0.25, 0.3) is 0 Å². The van der Waals surface area contributed by atoms with Crippen molar-refractivity contribution in [2.75, 3.05) is 6.61 Å². The minimum atomic E-state index is -7.98. The van der Waals surface area contributed by atoms with Gasteiger partial charge in [-0.2, -0.15) is 61.9 Å². The number of esters is 1. The second-order valence-corrected chi connectivity index (χ2v) is 4.66. The van der Waals surface area contributed by atoms with Crippen molar-refractivity contribution in [2.45, 2.75) is 42.2 Å². The zero-order chi connectivity index (χ0) is 22.1. The third-order valence-electron chi connectivity index (χ3n) is 2.82. The Morgan fingerprint density at radius 1 is 0.778 bits per heavy atom. The van der Waals surface area contributed by atoms with Crippen molar-refractivity contribution in [1.29, 1.82) is 0 Å². The fourth-order valence-electron chi connectivity index (χ4n) is 1.32. The largest absolute Gasteiger partial charge is 0.460 e. The number of alkyl halides is 13. The molecule has 0 heterocycles. The molecule has 0 aliphatic heterocycles. The van der Waals surface area contributed by atoms with Crippen LogP contribution in [-0.2, 0) is 9.53 Å². The maximum absolute atomic E-state index is 13.2. The fraction of sp³-hybridized carbons (Fsp3) is 0.800. The minimum Gasteiger partial charge on any atom is -0.457 e. The molecule has 0 bridgehead atoms. The summed E-state index contributed by atoms with van der Waals surface area (Å²) in [7, 11) is 0. The Hall–Kier alpha value is -2.06. The molecule has 0 spiro atoms. The van der Waals surface area contributed by atoms with Gasteiger partial charge in [-0.1, -0.05) is 0 Å². The molecule has 0 amide bonds. The maximum atomic E-state index is 13.2. The van der Waals surface area contributed by atoms with E-state index in [2.05, 4.69) is 4.74 Å². The van der Waals surface area contributed by atoms with Crippen molar-refractivity contribution in [3.63, 3.8) is 0 Å². The number of hydrogen-bond acceptors (Lipinski definition) is 2. The summed E-state index contributed by atoms with van der Waals surface area (Å²) in [6.45, 7) is -1.91. The molecule has 0 N–H and O–H groups in total. The lowest BCUT2D eigenvalue weighted by molar-refractivity contribution is -0.440. The first kappa shape index (κ1) is 24.9. The Bertz CT molecular complexity index is 607. The molecule has 0 atom stereocenters. The highest BCUT2D eigenvalue weighted by atomic mass is 19.4. The summed E-state index contributed by atoms with van der Waals surface area (Å²) in [5.74, 6) is -39.2. The summed E-state index contributed by atoms with van der Waals surface area (Å²) >= 11 is 0. The minimum absolute atomic E-state index is 0.136. The number of carbonyl (C=O) groups is 1. The van der Waals surface area contributed by atoms with E-state index < -0.39 is 54.8 Å². The Balaban J connectivity index is 5.80. The van der Waals surface area contributed by atoms with Gasteiger partial charge in [0.2, 0.25) is 0 Å². The molecule has 0 aromatic heterocycles. The van der Waals surface area contributed by atoms with Gasteiger partial charge in [0, 0.05) is 0 Å². The first-order valence-corrected chi connectivity index (χ1v) is 6.00. The van der Waals surface area contributed by atoms with Crippen LogP contribution in [0.25, 0.3) is 5.53 Å². The molecule has 0 aromatic rings. The number of rotatable bonds is 8. The van der Waals surface area contributed by atoms with E-state index in [0.717, 1.165) is 0 Å². The van der Waals surface area contributed by atoms with Crippen LogP contribution in [0.2, 0.25) is 0 Å². The highest BCUT2D eigenvalue weighted by Gasteiger charge is 2.90. The van der Waals surface area contributed by atoms with Crippen LogP contribution in [0, 0.1) is 0 Å². The van der Waals surface area contributed by atoms with Crippen LogP contribution in [0.3, 0.4) is 0 Å². The average molecular weight is 432 g/mol. The van der Waals surface area contributed by atoms with Crippen molar-refractivity contribution in [2.24, 2.45) is 0 Å². The maximum Gasteiger partial charge on any atom is 0.460 e. The molecule has 0 radical (unpaired) electrons. The van der Waals surface area contributed by atoms with E-state index >= 15 is 0 Å². The molecule has 0 aliphatic carbocycles. The molecular formula is C10H5F13N2O2. The first-order valence-electron chi connectivity index (χ1n) is 6.00. The van der Waals surface area contributed by atoms with Crippen LogP contribution < -0.4 is 0 Å². The normalized spacial score (nSPS) is 14.6. The standard InChI is InChI=1S/C10H5F13N2O2/c11-5(12,1-2-27-4(26)3-25-24)6(13,14)7(15,16)8(17,18)9(19,20)10(21,22)23/h3H,1-2H2. The summed E-state index contributed by atoms with van der Waals surface area (Å²) in [4.78, 5) is 12.5. The van der Waals surface area contributed by atoms with Crippen molar-refractivity contribution >= 4 is 12.2 Å². The molecule has 27 heavy (non-hydrogen) atoms. The molecule has 4 nitrogen and oxygen atoms in total. The zero-order valence-corrected chi connectivity index (χ0v) is 12.1. The van der Waals surface area contributed by atoms with E-state index in [1.807, 2.05) is 4.79 Å². The SMILES string of the molecule is [N-]=[N+]=CC(=O)OCCC(F)(F)C(F)(F)C(F)(F)C(F)(F)C(F)(F)C(F)(F)F. The lowest BCUT2D eigenvalue weighted by Crippen LogP contribution is -2.70. The topological polar surface area (TPSA) is 62.7 Å². The molecule has 0 unspecified atom stereocenters. The quantitative estimate of drug-likeness (QED) is 0.192. The van der Waals surface area contributed by atoms with Crippen molar-refractivity contribution in [3.05, 3.63) is 5.53 Å². The number of halogens is 13. The molecule has 0 saturated heterocycles. The van der Waals surface area contributed by atoms with Crippen LogP contribution >= 0.6 is 0 Å². The number of carbonyl (C=O) groups excluding carboxylic acids is 1. The smallest absolute Gasteiger partial charge is 0.457 e. The van der Waals surface area contributed by atoms with E-state index in [1.165, 1.54) is 0 Å². The van der Waals surface area contributed by atoms with Crippen LogP contribution in [0.15, 0.2) is 0 Å². The summed E-state index contributed by atoms with van der Waals surface area (Å²) in [6.07, 6.45) is -10.3. The molecule has 158 valence electrons. The lowest BCUT2D eigenvalue weighted by atomic mass is 9.93. The second-order valence-electron chi connectivity index (χ2n) is 4.66. The van der Waals surface area contributed by atoms with Gasteiger partial charge >= 0.3 is 48.0 Å². The van der Waals surface area contributed by atoms with Gasteiger partial charge in [0.1, 0.15) is 0 Å². The third-order valence-corrected chi connectivity index (χ3v) is 2.82. The van der Waals surface area contributed by atoms with E-state index in [9.17, 15) is 61.9 Å². The Morgan fingerprint density at radius 2 is 1.19 bits per heavy atom. The van der Waals surface area contributed by atoms with Gasteiger partial charge in [-0.25, -0.2) is 4.79 Å². The summed E-state index contributed by atoms with van der Waals surface area (Å²) in [5.41, 5.74) is 7.82. The van der Waals surface area contributed by atoms with Crippen LogP contribution in [0.4, 0.5) is 57.1 Å². The van der Waals surface area contributed by atoms with E-state index in [4.69, 9.17) is 5.53 Å². The molecule has 0 fully saturated rings. The van der Waals surface area contributed by atoms with Gasteiger partial charge in [0.15, 0.2) is 0 Å². The van der Waals surface area contributed by atoms with E-state index in [1.54, 1.807) is 0 Å². The molecule has 0 saturated carbocycles. The molecule has 0 aromatic carbocycles. The summed E-state index contributed by atoms with van der Waals surface area (Å²) < 4.78 is 169. The van der Waals surface area contributed by atoms with Crippen LogP contribution in [0.1, 0.15) is 6.42 Å². The Kier molecular flexibility index (Phi) is 6.62. The molecule has 17 heteroatoms. The lowest BCUT2D eigenvalue weighted by Gasteiger charge is -2.39. The van der Waals surface area contributed by atoms with Gasteiger partial charge in [-0.3, -0.25) is 0 Å². The van der Waals surface area contributed by atoms with Crippen molar-refractivity contribution < 1.29 is 71.4 Å². The van der Waals surface area contributed by atoms with Gasteiger partial charge in [0.05, 0.1) is 13.0 Å². The van der Waals surface area contributed by atoms with Crippen LogP contribution in [0.5, 0.6) is 0 Å². The predicted octanol–water partition coefficient (Wildman–Crippen LogP) is 3.96. The highest BCUT2D eigenvalue weighted by Crippen LogP contribution is 2.60. The highest BCUT2D eigenvalue weighted by molar-refractivity contribution is 6.20. The summed E-state index contributed by atoms with van der Waals surface area (Å²) in [5, 5.41) is 0. The second kappa shape index (κ2) is 7.16. The average Bonchev–Trinajstić information content (AvgIpc) is 2.45. The van der Waals surface area contributed by atoms with Crippen molar-refractivity contribution in [3.8, 4) is 0 Å². The van der Waals surface area contributed by atoms with E-state index in [-0.39, 0.29) is 6.21 Å². The Labute approximate surface area is 139 Å². The number of nitrogens with zero attached hydrogens (tertiary/aromatic N) is 2. The molecule has 0 rings (SSSR count).